The fourth-order valence-corrected chi connectivity index (χ4v) is 4.24. The normalized spacial score (nSPS) is 15.4. The number of carbonyl (C=O) groups excluding carboxylic acids is 1. The van der Waals surface area contributed by atoms with E-state index in [4.69, 9.17) is 9.47 Å². The van der Waals surface area contributed by atoms with E-state index in [1.165, 1.54) is 5.56 Å². The number of amides is 1. The van der Waals surface area contributed by atoms with Crippen LogP contribution in [0.2, 0.25) is 0 Å². The van der Waals surface area contributed by atoms with Crippen molar-refractivity contribution in [2.45, 2.75) is 39.7 Å². The van der Waals surface area contributed by atoms with E-state index in [9.17, 15) is 4.79 Å². The van der Waals surface area contributed by atoms with Crippen molar-refractivity contribution >= 4 is 5.91 Å². The molecule has 2 aromatic carbocycles. The molecule has 0 fully saturated rings. The fraction of sp³-hybridized carbons (Fsp3) is 0.407. The number of aromatic nitrogens is 2. The van der Waals surface area contributed by atoms with Crippen molar-refractivity contribution in [3.8, 4) is 17.0 Å². The third-order valence-electron chi connectivity index (χ3n) is 6.10. The first-order valence-corrected chi connectivity index (χ1v) is 11.7. The van der Waals surface area contributed by atoms with Crippen LogP contribution in [0.1, 0.15) is 59.9 Å². The number of rotatable bonds is 10. The minimum absolute atomic E-state index is 0.0192. The van der Waals surface area contributed by atoms with Gasteiger partial charge in [-0.3, -0.25) is 9.89 Å². The van der Waals surface area contributed by atoms with Gasteiger partial charge in [-0.25, -0.2) is 0 Å². The van der Waals surface area contributed by atoms with Crippen molar-refractivity contribution in [2.24, 2.45) is 5.92 Å². The number of nitrogens with one attached hydrogen (secondary N) is 1. The summed E-state index contributed by atoms with van der Waals surface area (Å²) in [6.45, 7) is 8.36. The maximum Gasteiger partial charge on any atom is 0.273 e. The van der Waals surface area contributed by atoms with Crippen LogP contribution in [0.4, 0.5) is 0 Å². The van der Waals surface area contributed by atoms with Gasteiger partial charge in [0.15, 0.2) is 0 Å². The lowest BCUT2D eigenvalue weighted by Gasteiger charge is -2.26. The van der Waals surface area contributed by atoms with Crippen molar-refractivity contribution in [2.75, 3.05) is 26.9 Å². The molecule has 1 unspecified atom stereocenters. The zero-order valence-electron chi connectivity index (χ0n) is 19.9. The Labute approximate surface area is 195 Å². The fourth-order valence-electron chi connectivity index (χ4n) is 4.24. The molecule has 0 spiro atoms. The molecule has 2 heterocycles. The van der Waals surface area contributed by atoms with Crippen LogP contribution < -0.4 is 4.74 Å². The number of hydrogen-bond acceptors (Lipinski definition) is 4. The lowest BCUT2D eigenvalue weighted by molar-refractivity contribution is 0.0723. The predicted molar refractivity (Wildman–Crippen MR) is 130 cm³/mol. The van der Waals surface area contributed by atoms with E-state index in [1.807, 2.05) is 17.0 Å². The van der Waals surface area contributed by atoms with E-state index in [0.717, 1.165) is 41.0 Å². The molecule has 1 aliphatic rings. The third kappa shape index (κ3) is 4.96. The number of H-pyrrole nitrogens is 1. The summed E-state index contributed by atoms with van der Waals surface area (Å²) in [4.78, 5) is 15.3. The average Bonchev–Trinajstić information content (AvgIpc) is 3.34. The zero-order chi connectivity index (χ0) is 23.4. The Kier molecular flexibility index (Phi) is 7.14. The van der Waals surface area contributed by atoms with Gasteiger partial charge < -0.3 is 14.4 Å². The Bertz CT molecular complexity index is 1070. The quantitative estimate of drug-likeness (QED) is 0.423. The van der Waals surface area contributed by atoms with E-state index in [1.54, 1.807) is 7.11 Å². The molecule has 174 valence electrons. The zero-order valence-corrected chi connectivity index (χ0v) is 19.9. The molecular weight excluding hydrogens is 414 g/mol. The van der Waals surface area contributed by atoms with Gasteiger partial charge in [0.25, 0.3) is 5.91 Å². The van der Waals surface area contributed by atoms with Crippen molar-refractivity contribution in [1.29, 1.82) is 0 Å². The first kappa shape index (κ1) is 23.1. The summed E-state index contributed by atoms with van der Waals surface area (Å²) in [5, 5.41) is 7.57. The lowest BCUT2D eigenvalue weighted by Crippen LogP contribution is -2.31. The number of nitrogens with zero attached hydrogens (tertiary/aromatic N) is 2. The minimum Gasteiger partial charge on any atom is -0.494 e. The van der Waals surface area contributed by atoms with Gasteiger partial charge in [-0.05, 0) is 43.4 Å². The van der Waals surface area contributed by atoms with Crippen molar-refractivity contribution in [1.82, 2.24) is 15.1 Å². The molecule has 0 radical (unpaired) electrons. The van der Waals surface area contributed by atoms with E-state index in [-0.39, 0.29) is 11.9 Å². The van der Waals surface area contributed by atoms with Crippen molar-refractivity contribution in [3.05, 3.63) is 70.9 Å². The molecule has 1 amide bonds. The minimum atomic E-state index is -0.205. The standard InChI is InChI=1S/C27H33N3O3/c1-18(2)14-17-33-22-12-10-21(11-13-22)26-23-24(20-8-6-19(3)7-9-20)28-29-25(23)27(31)30(26)15-5-16-32-4/h6-13,18,26H,5,14-17H2,1-4H3,(H,28,29). The first-order valence-electron chi connectivity index (χ1n) is 11.7. The maximum absolute atomic E-state index is 13.3. The van der Waals surface area contributed by atoms with E-state index >= 15 is 0 Å². The van der Waals surface area contributed by atoms with Gasteiger partial charge in [-0.1, -0.05) is 55.8 Å². The molecular formula is C27H33N3O3. The summed E-state index contributed by atoms with van der Waals surface area (Å²) in [5.41, 5.74) is 5.58. The smallest absolute Gasteiger partial charge is 0.273 e. The summed E-state index contributed by atoms with van der Waals surface area (Å²) in [5.74, 6) is 1.43. The van der Waals surface area contributed by atoms with Gasteiger partial charge in [0.1, 0.15) is 11.4 Å². The summed E-state index contributed by atoms with van der Waals surface area (Å²) in [6, 6.07) is 16.2. The van der Waals surface area contributed by atoms with Crippen LogP contribution in [0, 0.1) is 12.8 Å². The summed E-state index contributed by atoms with van der Waals surface area (Å²) in [6.07, 6.45) is 1.79. The van der Waals surface area contributed by atoms with Crippen LogP contribution in [0.15, 0.2) is 48.5 Å². The van der Waals surface area contributed by atoms with E-state index in [2.05, 4.69) is 67.4 Å². The highest BCUT2D eigenvalue weighted by atomic mass is 16.5. The third-order valence-corrected chi connectivity index (χ3v) is 6.10. The van der Waals surface area contributed by atoms with E-state index in [0.29, 0.717) is 31.4 Å². The van der Waals surface area contributed by atoms with Crippen LogP contribution in [0.3, 0.4) is 0 Å². The predicted octanol–water partition coefficient (Wildman–Crippen LogP) is 5.39. The molecule has 1 N–H and O–H groups in total. The van der Waals surface area contributed by atoms with Gasteiger partial charge in [0.2, 0.25) is 0 Å². The van der Waals surface area contributed by atoms with Crippen molar-refractivity contribution < 1.29 is 14.3 Å². The number of aromatic amines is 1. The van der Waals surface area contributed by atoms with Crippen LogP contribution in [0.5, 0.6) is 5.75 Å². The molecule has 0 bridgehead atoms. The van der Waals surface area contributed by atoms with Crippen LogP contribution in [0.25, 0.3) is 11.3 Å². The van der Waals surface area contributed by atoms with E-state index < -0.39 is 0 Å². The summed E-state index contributed by atoms with van der Waals surface area (Å²) in [7, 11) is 1.68. The molecule has 0 aliphatic carbocycles. The Hall–Kier alpha value is -3.12. The summed E-state index contributed by atoms with van der Waals surface area (Å²) < 4.78 is 11.1. The molecule has 33 heavy (non-hydrogen) atoms. The Morgan fingerprint density at radius 3 is 2.45 bits per heavy atom. The summed E-state index contributed by atoms with van der Waals surface area (Å²) >= 11 is 0. The van der Waals surface area contributed by atoms with Gasteiger partial charge >= 0.3 is 0 Å². The van der Waals surface area contributed by atoms with Gasteiger partial charge in [-0.2, -0.15) is 5.10 Å². The maximum atomic E-state index is 13.3. The SMILES string of the molecule is COCCCN1C(=O)c2[nH]nc(-c3ccc(C)cc3)c2C1c1ccc(OCCC(C)C)cc1. The van der Waals surface area contributed by atoms with Gasteiger partial charge in [0, 0.05) is 31.4 Å². The molecule has 6 nitrogen and oxygen atoms in total. The highest BCUT2D eigenvalue weighted by molar-refractivity contribution is 6.00. The van der Waals surface area contributed by atoms with Crippen LogP contribution in [-0.4, -0.2) is 47.9 Å². The molecule has 1 atom stereocenters. The highest BCUT2D eigenvalue weighted by Crippen LogP contribution is 2.43. The van der Waals surface area contributed by atoms with Crippen LogP contribution >= 0.6 is 0 Å². The second-order valence-electron chi connectivity index (χ2n) is 9.07. The topological polar surface area (TPSA) is 67.5 Å². The average molecular weight is 448 g/mol. The second-order valence-corrected chi connectivity index (χ2v) is 9.07. The molecule has 3 aromatic rings. The molecule has 6 heteroatoms. The second kappa shape index (κ2) is 10.2. The van der Waals surface area contributed by atoms with Gasteiger partial charge in [-0.15, -0.1) is 0 Å². The van der Waals surface area contributed by atoms with Gasteiger partial charge in [0.05, 0.1) is 18.3 Å². The Morgan fingerprint density at radius 2 is 1.79 bits per heavy atom. The number of aryl methyl sites for hydroxylation is 1. The monoisotopic (exact) mass is 447 g/mol. The number of hydrogen-bond donors (Lipinski definition) is 1. The largest absolute Gasteiger partial charge is 0.494 e. The molecule has 4 rings (SSSR count). The molecule has 0 saturated heterocycles. The molecule has 1 aliphatic heterocycles. The highest BCUT2D eigenvalue weighted by Gasteiger charge is 2.41. The molecule has 1 aromatic heterocycles. The number of ether oxygens (including phenoxy) is 2. The number of fused-ring (bicyclic) bond motifs is 1. The van der Waals surface area contributed by atoms with Crippen LogP contribution in [-0.2, 0) is 4.74 Å². The Balaban J connectivity index is 1.67. The van der Waals surface area contributed by atoms with Crippen molar-refractivity contribution in [3.63, 3.8) is 0 Å². The Morgan fingerprint density at radius 1 is 1.06 bits per heavy atom. The molecule has 0 saturated carbocycles. The first-order chi connectivity index (χ1) is 16.0. The number of benzene rings is 2. The number of methoxy groups -OCH3 is 1. The lowest BCUT2D eigenvalue weighted by atomic mass is 9.95. The number of carbonyl (C=O) groups is 1.